The fourth-order valence-corrected chi connectivity index (χ4v) is 2.43. The molecule has 0 radical (unpaired) electrons. The van der Waals surface area contributed by atoms with Crippen LogP contribution in [0.15, 0.2) is 42.5 Å². The summed E-state index contributed by atoms with van der Waals surface area (Å²) in [6, 6.07) is 9.79. The third-order valence-corrected chi connectivity index (χ3v) is 3.68. The van der Waals surface area contributed by atoms with Crippen LogP contribution in [0.5, 0.6) is 0 Å². The number of rotatable bonds is 4. The highest BCUT2D eigenvalue weighted by atomic mass is 19.1. The Bertz CT molecular complexity index is 856. The van der Waals surface area contributed by atoms with Gasteiger partial charge in [-0.25, -0.2) is 13.8 Å². The minimum atomic E-state index is -0.381. The number of nitrogens with zero attached hydrogens (tertiary/aromatic N) is 2. The number of aromatic nitrogens is 2. The van der Waals surface area contributed by atoms with E-state index in [0.29, 0.717) is 29.6 Å². The van der Waals surface area contributed by atoms with Gasteiger partial charge in [0.25, 0.3) is 5.91 Å². The number of hydrogen-bond acceptors (Lipinski definition) is 2. The van der Waals surface area contributed by atoms with Gasteiger partial charge in [-0.05, 0) is 42.5 Å². The van der Waals surface area contributed by atoms with Gasteiger partial charge in [-0.15, -0.1) is 0 Å². The standard InChI is InChI=1S/C17H15F2N3O/c1-22-15-10-13(19)6-7-14(15)21-16(22)8-9-20-17(23)11-2-4-12(18)5-3-11/h2-7,10H,8-9H2,1H3,(H,20,23). The van der Waals surface area contributed by atoms with Crippen molar-refractivity contribution in [1.82, 2.24) is 14.9 Å². The molecule has 3 rings (SSSR count). The first kappa shape index (κ1) is 15.1. The maximum atomic E-state index is 13.3. The van der Waals surface area contributed by atoms with Gasteiger partial charge in [0.05, 0.1) is 11.0 Å². The summed E-state index contributed by atoms with van der Waals surface area (Å²) in [5, 5.41) is 2.76. The molecule has 0 spiro atoms. The highest BCUT2D eigenvalue weighted by molar-refractivity contribution is 5.94. The van der Waals surface area contributed by atoms with Crippen LogP contribution in [0.2, 0.25) is 0 Å². The molecule has 4 nitrogen and oxygen atoms in total. The molecule has 23 heavy (non-hydrogen) atoms. The number of aryl methyl sites for hydroxylation is 1. The molecule has 0 atom stereocenters. The topological polar surface area (TPSA) is 46.9 Å². The summed E-state index contributed by atoms with van der Waals surface area (Å²) in [6.07, 6.45) is 0.514. The summed E-state index contributed by atoms with van der Waals surface area (Å²) < 4.78 is 27.9. The van der Waals surface area contributed by atoms with Crippen molar-refractivity contribution in [2.24, 2.45) is 7.05 Å². The molecule has 2 aromatic carbocycles. The lowest BCUT2D eigenvalue weighted by molar-refractivity contribution is 0.0954. The smallest absolute Gasteiger partial charge is 0.251 e. The largest absolute Gasteiger partial charge is 0.352 e. The first-order valence-electron chi connectivity index (χ1n) is 7.19. The molecule has 1 N–H and O–H groups in total. The molecule has 0 bridgehead atoms. The predicted octanol–water partition coefficient (Wildman–Crippen LogP) is 2.82. The predicted molar refractivity (Wildman–Crippen MR) is 83.1 cm³/mol. The van der Waals surface area contributed by atoms with Crippen molar-refractivity contribution in [2.45, 2.75) is 6.42 Å². The van der Waals surface area contributed by atoms with Crippen LogP contribution in [0.25, 0.3) is 11.0 Å². The number of nitrogens with one attached hydrogen (secondary N) is 1. The first-order chi connectivity index (χ1) is 11.0. The Hall–Kier alpha value is -2.76. The summed E-state index contributed by atoms with van der Waals surface area (Å²) in [5.74, 6) is -0.204. The molecule has 0 fully saturated rings. The highest BCUT2D eigenvalue weighted by Gasteiger charge is 2.10. The second kappa shape index (κ2) is 6.16. The van der Waals surface area contributed by atoms with Crippen molar-refractivity contribution in [3.8, 4) is 0 Å². The Morgan fingerprint density at radius 1 is 1.13 bits per heavy atom. The summed E-state index contributed by atoms with van der Waals surface area (Å²) in [5.41, 5.74) is 1.83. The van der Waals surface area contributed by atoms with Crippen molar-refractivity contribution in [1.29, 1.82) is 0 Å². The zero-order valence-corrected chi connectivity index (χ0v) is 12.5. The summed E-state index contributed by atoms with van der Waals surface area (Å²) in [6.45, 7) is 0.385. The van der Waals surface area contributed by atoms with E-state index in [-0.39, 0.29) is 17.5 Å². The maximum absolute atomic E-state index is 13.3. The zero-order valence-electron chi connectivity index (χ0n) is 12.5. The molecule has 1 amide bonds. The van der Waals surface area contributed by atoms with Crippen LogP contribution in [0, 0.1) is 11.6 Å². The van der Waals surface area contributed by atoms with Gasteiger partial charge in [-0.2, -0.15) is 0 Å². The number of fused-ring (bicyclic) bond motifs is 1. The second-order valence-electron chi connectivity index (χ2n) is 5.23. The Morgan fingerprint density at radius 3 is 2.57 bits per heavy atom. The summed E-state index contributed by atoms with van der Waals surface area (Å²) in [4.78, 5) is 16.4. The van der Waals surface area contributed by atoms with Gasteiger partial charge < -0.3 is 9.88 Å². The van der Waals surface area contributed by atoms with Crippen molar-refractivity contribution < 1.29 is 13.6 Å². The molecule has 0 saturated heterocycles. The van der Waals surface area contributed by atoms with E-state index >= 15 is 0 Å². The van der Waals surface area contributed by atoms with Crippen LogP contribution in [0.4, 0.5) is 8.78 Å². The lowest BCUT2D eigenvalue weighted by Gasteiger charge is -2.05. The lowest BCUT2D eigenvalue weighted by atomic mass is 10.2. The van der Waals surface area contributed by atoms with Crippen LogP contribution in [0.1, 0.15) is 16.2 Å². The van der Waals surface area contributed by atoms with E-state index in [1.165, 1.54) is 36.4 Å². The molecule has 3 aromatic rings. The van der Waals surface area contributed by atoms with Crippen molar-refractivity contribution in [3.63, 3.8) is 0 Å². The average Bonchev–Trinajstić information content (AvgIpc) is 2.84. The molecule has 6 heteroatoms. The molecule has 0 unspecified atom stereocenters. The normalized spacial score (nSPS) is 10.9. The van der Waals surface area contributed by atoms with Gasteiger partial charge in [0.2, 0.25) is 0 Å². The molecule has 118 valence electrons. The second-order valence-corrected chi connectivity index (χ2v) is 5.23. The Balaban J connectivity index is 1.65. The average molecular weight is 315 g/mol. The van der Waals surface area contributed by atoms with Gasteiger partial charge in [-0.1, -0.05) is 0 Å². The van der Waals surface area contributed by atoms with Crippen LogP contribution >= 0.6 is 0 Å². The monoisotopic (exact) mass is 315 g/mol. The van der Waals surface area contributed by atoms with Gasteiger partial charge >= 0.3 is 0 Å². The number of carbonyl (C=O) groups excluding carboxylic acids is 1. The van der Waals surface area contributed by atoms with E-state index in [2.05, 4.69) is 10.3 Å². The Labute approximate surface area is 131 Å². The van der Waals surface area contributed by atoms with Crippen molar-refractivity contribution in [3.05, 3.63) is 65.5 Å². The van der Waals surface area contributed by atoms with Gasteiger partial charge in [-0.3, -0.25) is 4.79 Å². The molecule has 1 heterocycles. The molecular formula is C17H15F2N3O. The number of benzene rings is 2. The van der Waals surface area contributed by atoms with Crippen LogP contribution in [0.3, 0.4) is 0 Å². The van der Waals surface area contributed by atoms with Crippen molar-refractivity contribution in [2.75, 3.05) is 6.54 Å². The number of hydrogen-bond donors (Lipinski definition) is 1. The minimum Gasteiger partial charge on any atom is -0.352 e. The fraction of sp³-hybridized carbons (Fsp3) is 0.176. The van der Waals surface area contributed by atoms with E-state index in [9.17, 15) is 13.6 Å². The third kappa shape index (κ3) is 3.21. The quantitative estimate of drug-likeness (QED) is 0.805. The molecule has 0 aliphatic rings. The molecule has 0 aliphatic carbocycles. The molecule has 0 aliphatic heterocycles. The van der Waals surface area contributed by atoms with E-state index in [1.54, 1.807) is 6.07 Å². The lowest BCUT2D eigenvalue weighted by Crippen LogP contribution is -2.26. The van der Waals surface area contributed by atoms with E-state index in [1.807, 2.05) is 11.6 Å². The number of carbonyl (C=O) groups is 1. The first-order valence-corrected chi connectivity index (χ1v) is 7.19. The third-order valence-electron chi connectivity index (χ3n) is 3.68. The molecule has 1 aromatic heterocycles. The van der Waals surface area contributed by atoms with E-state index in [0.717, 1.165) is 5.82 Å². The summed E-state index contributed by atoms with van der Waals surface area (Å²) >= 11 is 0. The van der Waals surface area contributed by atoms with Gasteiger partial charge in [0.1, 0.15) is 17.5 Å². The molecule has 0 saturated carbocycles. The highest BCUT2D eigenvalue weighted by Crippen LogP contribution is 2.16. The fourth-order valence-electron chi connectivity index (χ4n) is 2.43. The SMILES string of the molecule is Cn1c(CCNC(=O)c2ccc(F)cc2)nc2ccc(F)cc21. The Kier molecular flexibility index (Phi) is 4.06. The van der Waals surface area contributed by atoms with Gasteiger partial charge in [0.15, 0.2) is 0 Å². The van der Waals surface area contributed by atoms with Crippen LogP contribution in [-0.4, -0.2) is 22.0 Å². The van der Waals surface area contributed by atoms with Crippen LogP contribution < -0.4 is 5.32 Å². The van der Waals surface area contributed by atoms with Gasteiger partial charge in [0, 0.05) is 25.6 Å². The van der Waals surface area contributed by atoms with Crippen molar-refractivity contribution >= 4 is 16.9 Å². The molecular weight excluding hydrogens is 300 g/mol. The Morgan fingerprint density at radius 2 is 1.83 bits per heavy atom. The van der Waals surface area contributed by atoms with E-state index < -0.39 is 0 Å². The number of halogens is 2. The summed E-state index contributed by atoms with van der Waals surface area (Å²) in [7, 11) is 1.81. The van der Waals surface area contributed by atoms with E-state index in [4.69, 9.17) is 0 Å². The number of amides is 1. The minimum absolute atomic E-state index is 0.269. The maximum Gasteiger partial charge on any atom is 0.251 e. The zero-order chi connectivity index (χ0) is 16.4. The number of imidazole rings is 1. The van der Waals surface area contributed by atoms with Crippen LogP contribution in [-0.2, 0) is 13.5 Å².